The van der Waals surface area contributed by atoms with Crippen molar-refractivity contribution in [1.29, 1.82) is 5.41 Å². The van der Waals surface area contributed by atoms with Gasteiger partial charge in [0.05, 0.1) is 5.03 Å². The van der Waals surface area contributed by atoms with Crippen LogP contribution in [0.25, 0.3) is 5.03 Å². The van der Waals surface area contributed by atoms with Crippen LogP contribution in [0.5, 0.6) is 0 Å². The van der Waals surface area contributed by atoms with Crippen molar-refractivity contribution >= 4 is 22.5 Å². The third-order valence-electron chi connectivity index (χ3n) is 3.22. The van der Waals surface area contributed by atoms with Crippen LogP contribution in [0.3, 0.4) is 0 Å². The molecule has 0 atom stereocenters. The maximum atomic E-state index is 8.17. The third kappa shape index (κ3) is 2.27. The molecular weight excluding hydrogens is 256 g/mol. The van der Waals surface area contributed by atoms with Gasteiger partial charge in [0.15, 0.2) is 0 Å². The Labute approximate surface area is 117 Å². The Morgan fingerprint density at radius 3 is 2.47 bits per heavy atom. The highest BCUT2D eigenvalue weighted by Crippen LogP contribution is 2.26. The smallest absolute Gasteiger partial charge is 0.132 e. The van der Waals surface area contributed by atoms with Gasteiger partial charge in [0.1, 0.15) is 5.84 Å². The fourth-order valence-electron chi connectivity index (χ4n) is 2.23. The van der Waals surface area contributed by atoms with Crippen molar-refractivity contribution in [2.75, 3.05) is 0 Å². The average Bonchev–Trinajstić information content (AvgIpc) is 2.77. The third-order valence-corrected chi connectivity index (χ3v) is 3.53. The topological polar surface area (TPSA) is 27.1 Å². The van der Waals surface area contributed by atoms with E-state index in [0.29, 0.717) is 17.4 Å². The van der Waals surface area contributed by atoms with E-state index >= 15 is 0 Å². The summed E-state index contributed by atoms with van der Waals surface area (Å²) < 4.78 is 0. The van der Waals surface area contributed by atoms with E-state index in [4.69, 9.17) is 17.0 Å². The molecule has 1 N–H and O–H groups in total. The molecule has 0 spiro atoms. The summed E-state index contributed by atoms with van der Waals surface area (Å²) in [5.41, 5.74) is 3.12. The molecule has 1 heterocycles. The molecule has 0 aromatic heterocycles. The first-order chi connectivity index (χ1) is 9.25. The monoisotopic (exact) mass is 268 g/mol. The summed E-state index contributed by atoms with van der Waals surface area (Å²) in [5.74, 6) is 0.504. The number of benzene rings is 2. The first-order valence-electron chi connectivity index (χ1n) is 6.12. The second kappa shape index (κ2) is 4.90. The molecule has 1 aliphatic rings. The summed E-state index contributed by atoms with van der Waals surface area (Å²) in [6, 6.07) is 17.8. The molecule has 0 saturated heterocycles. The Balaban J connectivity index is 1.89. The Bertz CT molecular complexity index is 647. The molecule has 0 amide bonds. The minimum Gasteiger partial charge on any atom is -0.327 e. The van der Waals surface area contributed by atoms with Gasteiger partial charge in [-0.3, -0.25) is 5.41 Å². The zero-order chi connectivity index (χ0) is 13.2. The minimum atomic E-state index is 0.504. The van der Waals surface area contributed by atoms with Gasteiger partial charge in [-0.05, 0) is 11.1 Å². The number of hydrogen-bond donors (Lipinski definition) is 1. The number of hydrogen-bond acceptors (Lipinski definition) is 1. The normalized spacial score (nSPS) is 14.7. The van der Waals surface area contributed by atoms with Gasteiger partial charge in [0.25, 0.3) is 0 Å². The fourth-order valence-corrected chi connectivity index (χ4v) is 2.47. The Morgan fingerprint density at radius 2 is 1.74 bits per heavy atom. The van der Waals surface area contributed by atoms with Crippen LogP contribution in [-0.2, 0) is 6.54 Å². The first-order valence-corrected chi connectivity index (χ1v) is 6.50. The first kappa shape index (κ1) is 12.0. The van der Waals surface area contributed by atoms with Gasteiger partial charge < -0.3 is 4.90 Å². The van der Waals surface area contributed by atoms with E-state index in [9.17, 15) is 0 Å². The van der Waals surface area contributed by atoms with Gasteiger partial charge >= 0.3 is 0 Å². The van der Waals surface area contributed by atoms with Crippen molar-refractivity contribution in [2.45, 2.75) is 6.54 Å². The molecule has 19 heavy (non-hydrogen) atoms. The lowest BCUT2D eigenvalue weighted by atomic mass is 10.1. The molecule has 0 unspecified atom stereocenters. The summed E-state index contributed by atoms with van der Waals surface area (Å²) in [7, 11) is 0. The lowest BCUT2D eigenvalue weighted by molar-refractivity contribution is 0.578. The Kier molecular flexibility index (Phi) is 3.10. The van der Waals surface area contributed by atoms with Crippen LogP contribution in [0.2, 0.25) is 0 Å². The van der Waals surface area contributed by atoms with E-state index < -0.39 is 0 Å². The minimum absolute atomic E-state index is 0.504. The van der Waals surface area contributed by atoms with Crippen molar-refractivity contribution in [2.24, 2.45) is 0 Å². The van der Waals surface area contributed by atoms with Gasteiger partial charge in [-0.15, -0.1) is 0 Å². The fraction of sp³-hybridized carbons (Fsp3) is 0.0625. The van der Waals surface area contributed by atoms with Crippen molar-refractivity contribution in [3.05, 3.63) is 77.5 Å². The standard InChI is InChI=1S/C16H13ClN2/c17-15(12-6-2-1-3-7-12)11-19-10-13-8-4-5-9-14(13)16(19)18/h1-9,11,18H,10H2. The van der Waals surface area contributed by atoms with Crippen molar-refractivity contribution in [3.8, 4) is 0 Å². The summed E-state index contributed by atoms with van der Waals surface area (Å²) in [6.07, 6.45) is 1.83. The zero-order valence-electron chi connectivity index (χ0n) is 10.3. The van der Waals surface area contributed by atoms with Crippen molar-refractivity contribution in [3.63, 3.8) is 0 Å². The van der Waals surface area contributed by atoms with E-state index in [-0.39, 0.29) is 0 Å². The molecule has 94 valence electrons. The second-order valence-electron chi connectivity index (χ2n) is 4.48. The molecule has 0 fully saturated rings. The number of nitrogens with zero attached hydrogens (tertiary/aromatic N) is 1. The molecule has 0 saturated carbocycles. The predicted molar refractivity (Wildman–Crippen MR) is 79.1 cm³/mol. The summed E-state index contributed by atoms with van der Waals surface area (Å²) >= 11 is 6.32. The molecule has 1 aliphatic heterocycles. The highest BCUT2D eigenvalue weighted by molar-refractivity contribution is 6.48. The molecule has 2 aromatic rings. The van der Waals surface area contributed by atoms with Gasteiger partial charge in [0, 0.05) is 18.3 Å². The maximum absolute atomic E-state index is 8.17. The molecule has 2 nitrogen and oxygen atoms in total. The lowest BCUT2D eigenvalue weighted by Gasteiger charge is -2.13. The quantitative estimate of drug-likeness (QED) is 0.874. The van der Waals surface area contributed by atoms with Gasteiger partial charge in [-0.2, -0.15) is 0 Å². The number of nitrogens with one attached hydrogen (secondary N) is 1. The molecule has 0 aliphatic carbocycles. The second-order valence-corrected chi connectivity index (χ2v) is 4.88. The largest absolute Gasteiger partial charge is 0.327 e. The molecule has 2 aromatic carbocycles. The van der Waals surface area contributed by atoms with Crippen LogP contribution in [0.15, 0.2) is 60.8 Å². The molecule has 3 heteroatoms. The predicted octanol–water partition coefficient (Wildman–Crippen LogP) is 4.06. The van der Waals surface area contributed by atoms with E-state index in [0.717, 1.165) is 11.1 Å². The number of halogens is 1. The highest BCUT2D eigenvalue weighted by atomic mass is 35.5. The van der Waals surface area contributed by atoms with Gasteiger partial charge in [-0.25, -0.2) is 0 Å². The molecular formula is C16H13ClN2. The maximum Gasteiger partial charge on any atom is 0.132 e. The lowest BCUT2D eigenvalue weighted by Crippen LogP contribution is -2.17. The Morgan fingerprint density at radius 1 is 1.05 bits per heavy atom. The Hall–Kier alpha value is -2.06. The average molecular weight is 269 g/mol. The van der Waals surface area contributed by atoms with E-state index in [1.165, 1.54) is 5.56 Å². The van der Waals surface area contributed by atoms with Crippen LogP contribution in [-0.4, -0.2) is 10.7 Å². The van der Waals surface area contributed by atoms with Gasteiger partial charge in [-0.1, -0.05) is 66.2 Å². The van der Waals surface area contributed by atoms with E-state index in [1.54, 1.807) is 0 Å². The number of fused-ring (bicyclic) bond motifs is 1. The summed E-state index contributed by atoms with van der Waals surface area (Å²) in [6.45, 7) is 0.706. The van der Waals surface area contributed by atoms with Crippen LogP contribution in [0, 0.1) is 5.41 Å². The summed E-state index contributed by atoms with van der Waals surface area (Å²) in [5, 5.41) is 8.82. The van der Waals surface area contributed by atoms with Crippen LogP contribution in [0.4, 0.5) is 0 Å². The number of amidine groups is 1. The number of rotatable bonds is 2. The molecule has 3 rings (SSSR count). The van der Waals surface area contributed by atoms with Crippen LogP contribution < -0.4 is 0 Å². The zero-order valence-corrected chi connectivity index (χ0v) is 11.1. The van der Waals surface area contributed by atoms with Crippen molar-refractivity contribution < 1.29 is 0 Å². The van der Waals surface area contributed by atoms with Gasteiger partial charge in [0.2, 0.25) is 0 Å². The van der Waals surface area contributed by atoms with Crippen LogP contribution in [0.1, 0.15) is 16.7 Å². The SMILES string of the molecule is N=C1c2ccccc2CN1C=C(Cl)c1ccccc1. The molecule has 0 radical (unpaired) electrons. The van der Waals surface area contributed by atoms with Crippen LogP contribution >= 0.6 is 11.6 Å². The van der Waals surface area contributed by atoms with E-state index in [1.807, 2.05) is 65.7 Å². The van der Waals surface area contributed by atoms with E-state index in [2.05, 4.69) is 0 Å². The molecule has 0 bridgehead atoms. The summed E-state index contributed by atoms with van der Waals surface area (Å²) in [4.78, 5) is 1.88. The highest BCUT2D eigenvalue weighted by Gasteiger charge is 2.22. The van der Waals surface area contributed by atoms with Crippen molar-refractivity contribution in [1.82, 2.24) is 4.90 Å².